The SMILES string of the molecule is CC(C)(C)c1cnc(CNC(=O)C2(O)CCCC2)o1. The van der Waals surface area contributed by atoms with Gasteiger partial charge in [-0.3, -0.25) is 4.79 Å². The van der Waals surface area contributed by atoms with Gasteiger partial charge in [-0.1, -0.05) is 20.8 Å². The molecular formula is C14H22N2O3. The summed E-state index contributed by atoms with van der Waals surface area (Å²) in [6.45, 7) is 6.34. The van der Waals surface area contributed by atoms with Crippen molar-refractivity contribution < 1.29 is 14.3 Å². The van der Waals surface area contributed by atoms with Crippen LogP contribution < -0.4 is 5.32 Å². The summed E-state index contributed by atoms with van der Waals surface area (Å²) in [5.74, 6) is 0.941. The topological polar surface area (TPSA) is 75.4 Å². The fourth-order valence-electron chi connectivity index (χ4n) is 2.25. The summed E-state index contributed by atoms with van der Waals surface area (Å²) in [5.41, 5.74) is -1.29. The van der Waals surface area contributed by atoms with Gasteiger partial charge in [-0.25, -0.2) is 4.98 Å². The lowest BCUT2D eigenvalue weighted by molar-refractivity contribution is -0.139. The summed E-state index contributed by atoms with van der Waals surface area (Å²) in [4.78, 5) is 16.1. The monoisotopic (exact) mass is 266 g/mol. The molecule has 0 aromatic carbocycles. The van der Waals surface area contributed by atoms with E-state index in [2.05, 4.69) is 10.3 Å². The van der Waals surface area contributed by atoms with Crippen LogP contribution in [0, 0.1) is 0 Å². The van der Waals surface area contributed by atoms with Gasteiger partial charge in [0.05, 0.1) is 12.7 Å². The molecule has 0 atom stereocenters. The molecule has 106 valence electrons. The number of aromatic nitrogens is 1. The van der Waals surface area contributed by atoms with Crippen molar-refractivity contribution in [3.63, 3.8) is 0 Å². The van der Waals surface area contributed by atoms with Gasteiger partial charge >= 0.3 is 0 Å². The van der Waals surface area contributed by atoms with Crippen LogP contribution in [-0.4, -0.2) is 21.6 Å². The molecular weight excluding hydrogens is 244 g/mol. The van der Waals surface area contributed by atoms with Gasteiger partial charge in [-0.15, -0.1) is 0 Å². The van der Waals surface area contributed by atoms with Crippen molar-refractivity contribution >= 4 is 5.91 Å². The van der Waals surface area contributed by atoms with Gasteiger partial charge in [-0.2, -0.15) is 0 Å². The number of carbonyl (C=O) groups is 1. The fraction of sp³-hybridized carbons (Fsp3) is 0.714. The highest BCUT2D eigenvalue weighted by Crippen LogP contribution is 2.29. The molecule has 1 heterocycles. The summed E-state index contributed by atoms with van der Waals surface area (Å²) < 4.78 is 5.59. The van der Waals surface area contributed by atoms with Crippen molar-refractivity contribution in [1.82, 2.24) is 10.3 Å². The van der Waals surface area contributed by atoms with Crippen LogP contribution in [0.5, 0.6) is 0 Å². The van der Waals surface area contributed by atoms with Gasteiger partial charge < -0.3 is 14.8 Å². The van der Waals surface area contributed by atoms with E-state index >= 15 is 0 Å². The number of nitrogens with zero attached hydrogens (tertiary/aromatic N) is 1. The minimum atomic E-state index is -1.19. The zero-order chi connectivity index (χ0) is 14.1. The van der Waals surface area contributed by atoms with E-state index in [1.807, 2.05) is 20.8 Å². The molecule has 0 bridgehead atoms. The standard InChI is InChI=1S/C14H22N2O3/c1-13(2,3)10-8-15-11(19-10)9-16-12(17)14(18)6-4-5-7-14/h8,18H,4-7,9H2,1-3H3,(H,16,17). The van der Waals surface area contributed by atoms with Crippen LogP contribution >= 0.6 is 0 Å². The van der Waals surface area contributed by atoms with E-state index in [1.165, 1.54) is 0 Å². The fourth-order valence-corrected chi connectivity index (χ4v) is 2.25. The smallest absolute Gasteiger partial charge is 0.252 e. The number of amides is 1. The minimum absolute atomic E-state index is 0.0983. The van der Waals surface area contributed by atoms with E-state index in [0.29, 0.717) is 18.7 Å². The number of carbonyl (C=O) groups excluding carboxylic acids is 1. The number of rotatable bonds is 3. The average molecular weight is 266 g/mol. The molecule has 1 aliphatic rings. The molecule has 0 unspecified atom stereocenters. The molecule has 1 amide bonds. The van der Waals surface area contributed by atoms with Crippen LogP contribution in [0.4, 0.5) is 0 Å². The molecule has 2 N–H and O–H groups in total. The summed E-state index contributed by atoms with van der Waals surface area (Å²) >= 11 is 0. The predicted octanol–water partition coefficient (Wildman–Crippen LogP) is 1.89. The average Bonchev–Trinajstić information content (AvgIpc) is 2.94. The highest BCUT2D eigenvalue weighted by molar-refractivity contribution is 5.85. The first-order chi connectivity index (χ1) is 8.81. The zero-order valence-electron chi connectivity index (χ0n) is 11.8. The van der Waals surface area contributed by atoms with Crippen LogP contribution in [0.1, 0.15) is 58.1 Å². The number of aliphatic hydroxyl groups is 1. The van der Waals surface area contributed by atoms with Crippen LogP contribution in [-0.2, 0) is 16.8 Å². The number of hydrogen-bond donors (Lipinski definition) is 2. The second kappa shape index (κ2) is 4.96. The highest BCUT2D eigenvalue weighted by atomic mass is 16.4. The first-order valence-electron chi connectivity index (χ1n) is 6.77. The van der Waals surface area contributed by atoms with Crippen molar-refractivity contribution in [3.05, 3.63) is 17.8 Å². The molecule has 1 fully saturated rings. The molecule has 0 saturated heterocycles. The van der Waals surface area contributed by atoms with E-state index in [0.717, 1.165) is 18.6 Å². The lowest BCUT2D eigenvalue weighted by Gasteiger charge is -2.20. The largest absolute Gasteiger partial charge is 0.443 e. The van der Waals surface area contributed by atoms with Gasteiger partial charge in [0, 0.05) is 5.41 Å². The Hall–Kier alpha value is -1.36. The molecule has 0 radical (unpaired) electrons. The zero-order valence-corrected chi connectivity index (χ0v) is 11.8. The summed E-state index contributed by atoms with van der Waals surface area (Å²) in [6, 6.07) is 0. The Morgan fingerprint density at radius 3 is 2.63 bits per heavy atom. The van der Waals surface area contributed by atoms with E-state index in [-0.39, 0.29) is 17.9 Å². The Morgan fingerprint density at radius 1 is 1.47 bits per heavy atom. The third kappa shape index (κ3) is 3.15. The van der Waals surface area contributed by atoms with E-state index in [4.69, 9.17) is 4.42 Å². The number of nitrogens with one attached hydrogen (secondary N) is 1. The highest BCUT2D eigenvalue weighted by Gasteiger charge is 2.38. The van der Waals surface area contributed by atoms with Gasteiger partial charge in [0.2, 0.25) is 5.89 Å². The lowest BCUT2D eigenvalue weighted by Crippen LogP contribution is -2.44. The van der Waals surface area contributed by atoms with Crippen molar-refractivity contribution in [3.8, 4) is 0 Å². The van der Waals surface area contributed by atoms with E-state index in [1.54, 1.807) is 6.20 Å². The summed E-state index contributed by atoms with van der Waals surface area (Å²) in [7, 11) is 0. The first-order valence-corrected chi connectivity index (χ1v) is 6.77. The quantitative estimate of drug-likeness (QED) is 0.876. The molecule has 0 spiro atoms. The Bertz CT molecular complexity index is 454. The molecule has 19 heavy (non-hydrogen) atoms. The third-order valence-electron chi connectivity index (χ3n) is 3.55. The van der Waals surface area contributed by atoms with Gasteiger partial charge in [0.25, 0.3) is 5.91 Å². The second-order valence-electron chi connectivity index (χ2n) is 6.29. The van der Waals surface area contributed by atoms with Gasteiger partial charge in [-0.05, 0) is 25.7 Å². The first kappa shape index (κ1) is 14.1. The Kier molecular flexibility index (Phi) is 3.67. The van der Waals surface area contributed by atoms with Crippen molar-refractivity contribution in [2.75, 3.05) is 0 Å². The Labute approximate surface area is 113 Å². The van der Waals surface area contributed by atoms with Crippen LogP contribution in [0.3, 0.4) is 0 Å². The Morgan fingerprint density at radius 2 is 2.11 bits per heavy atom. The van der Waals surface area contributed by atoms with E-state index < -0.39 is 5.60 Å². The summed E-state index contributed by atoms with van der Waals surface area (Å²) in [5, 5.41) is 12.8. The molecule has 1 aromatic rings. The lowest BCUT2D eigenvalue weighted by atomic mass is 9.94. The van der Waals surface area contributed by atoms with Crippen LogP contribution in [0.2, 0.25) is 0 Å². The molecule has 1 saturated carbocycles. The number of hydrogen-bond acceptors (Lipinski definition) is 4. The normalized spacial score (nSPS) is 18.5. The summed E-state index contributed by atoms with van der Waals surface area (Å²) in [6.07, 6.45) is 4.56. The number of oxazole rings is 1. The van der Waals surface area contributed by atoms with Gasteiger partial charge in [0.15, 0.2) is 0 Å². The third-order valence-corrected chi connectivity index (χ3v) is 3.55. The molecule has 5 nitrogen and oxygen atoms in total. The molecule has 5 heteroatoms. The van der Waals surface area contributed by atoms with Crippen LogP contribution in [0.15, 0.2) is 10.6 Å². The predicted molar refractivity (Wildman–Crippen MR) is 70.5 cm³/mol. The van der Waals surface area contributed by atoms with Crippen molar-refractivity contribution in [1.29, 1.82) is 0 Å². The van der Waals surface area contributed by atoms with Crippen molar-refractivity contribution in [2.45, 2.75) is 64.0 Å². The molecule has 2 rings (SSSR count). The molecule has 1 aromatic heterocycles. The Balaban J connectivity index is 1.92. The molecule has 1 aliphatic carbocycles. The maximum absolute atomic E-state index is 11.9. The van der Waals surface area contributed by atoms with Gasteiger partial charge in [0.1, 0.15) is 11.4 Å². The second-order valence-corrected chi connectivity index (χ2v) is 6.29. The van der Waals surface area contributed by atoms with Crippen LogP contribution in [0.25, 0.3) is 0 Å². The maximum atomic E-state index is 11.9. The molecule has 0 aliphatic heterocycles. The van der Waals surface area contributed by atoms with E-state index in [9.17, 15) is 9.90 Å². The minimum Gasteiger partial charge on any atom is -0.443 e. The maximum Gasteiger partial charge on any atom is 0.252 e. The van der Waals surface area contributed by atoms with Crippen molar-refractivity contribution in [2.24, 2.45) is 0 Å².